The third-order valence-electron chi connectivity index (χ3n) is 4.47. The van der Waals surface area contributed by atoms with E-state index in [4.69, 9.17) is 16.3 Å². The van der Waals surface area contributed by atoms with Gasteiger partial charge in [0.05, 0.1) is 0 Å². The van der Waals surface area contributed by atoms with Crippen molar-refractivity contribution in [1.82, 2.24) is 10.3 Å². The van der Waals surface area contributed by atoms with Crippen LogP contribution in [0.25, 0.3) is 0 Å². The first-order valence-corrected chi connectivity index (χ1v) is 9.35. The topological polar surface area (TPSA) is 54.5 Å². The van der Waals surface area contributed by atoms with Crippen LogP contribution in [0.15, 0.2) is 36.5 Å². The van der Waals surface area contributed by atoms with Gasteiger partial charge in [-0.25, -0.2) is 4.98 Å². The Labute approximate surface area is 159 Å². The maximum absolute atomic E-state index is 12.0. The second-order valence-corrected chi connectivity index (χ2v) is 6.98. The Balaban J connectivity index is 1.45. The zero-order valence-corrected chi connectivity index (χ0v) is 15.8. The van der Waals surface area contributed by atoms with E-state index in [1.54, 1.807) is 12.1 Å². The summed E-state index contributed by atoms with van der Waals surface area (Å²) in [7, 11) is 0. The molecule has 1 N–H and O–H groups in total. The third kappa shape index (κ3) is 5.11. The fraction of sp³-hybridized carbons (Fsp3) is 0.400. The van der Waals surface area contributed by atoms with Crippen LogP contribution in [0, 0.1) is 6.92 Å². The number of halogens is 1. The van der Waals surface area contributed by atoms with Crippen molar-refractivity contribution in [3.05, 3.63) is 52.7 Å². The number of aryl methyl sites for hydroxylation is 1. The van der Waals surface area contributed by atoms with Crippen molar-refractivity contribution >= 4 is 23.3 Å². The van der Waals surface area contributed by atoms with E-state index in [9.17, 15) is 4.79 Å². The van der Waals surface area contributed by atoms with E-state index in [1.165, 1.54) is 19.3 Å². The predicted octanol–water partition coefficient (Wildman–Crippen LogP) is 3.73. The molecule has 3 rings (SSSR count). The standard InChI is InChI=1S/C20H24ClN3O2/c1-15-11-17(21)6-7-18(15)26-14-20(25)23-13-16-5-8-19(22-12-16)24-9-3-2-4-10-24/h5-8,11-12H,2-4,9-10,13-14H2,1H3,(H,23,25). The zero-order valence-electron chi connectivity index (χ0n) is 15.0. The molecule has 1 fully saturated rings. The molecule has 1 aromatic carbocycles. The SMILES string of the molecule is Cc1cc(Cl)ccc1OCC(=O)NCc1ccc(N2CCCCC2)nc1. The minimum absolute atomic E-state index is 0.0260. The fourth-order valence-electron chi connectivity index (χ4n) is 3.00. The number of aromatic nitrogens is 1. The van der Waals surface area contributed by atoms with Gasteiger partial charge in [0, 0.05) is 30.9 Å². The third-order valence-corrected chi connectivity index (χ3v) is 4.71. The molecule has 0 bridgehead atoms. The Hall–Kier alpha value is -2.27. The van der Waals surface area contributed by atoms with Crippen molar-refractivity contribution in [3.8, 4) is 5.75 Å². The second-order valence-electron chi connectivity index (χ2n) is 6.55. The molecule has 2 heterocycles. The van der Waals surface area contributed by atoms with Gasteiger partial charge in [0.15, 0.2) is 6.61 Å². The van der Waals surface area contributed by atoms with Crippen molar-refractivity contribution in [2.75, 3.05) is 24.6 Å². The van der Waals surface area contributed by atoms with Crippen LogP contribution in [0.2, 0.25) is 5.02 Å². The average molecular weight is 374 g/mol. The molecule has 138 valence electrons. The van der Waals surface area contributed by atoms with Crippen molar-refractivity contribution in [1.29, 1.82) is 0 Å². The van der Waals surface area contributed by atoms with Crippen molar-refractivity contribution < 1.29 is 9.53 Å². The highest BCUT2D eigenvalue weighted by Gasteiger charge is 2.12. The highest BCUT2D eigenvalue weighted by molar-refractivity contribution is 6.30. The van der Waals surface area contributed by atoms with Gasteiger partial charge in [0.25, 0.3) is 5.91 Å². The molecule has 0 radical (unpaired) electrons. The predicted molar refractivity (Wildman–Crippen MR) is 104 cm³/mol. The summed E-state index contributed by atoms with van der Waals surface area (Å²) in [5, 5.41) is 3.51. The van der Waals surface area contributed by atoms with E-state index < -0.39 is 0 Å². The number of nitrogens with one attached hydrogen (secondary N) is 1. The number of rotatable bonds is 6. The molecule has 0 atom stereocenters. The Morgan fingerprint density at radius 3 is 2.73 bits per heavy atom. The molecular weight excluding hydrogens is 350 g/mol. The van der Waals surface area contributed by atoms with Crippen molar-refractivity contribution in [2.24, 2.45) is 0 Å². The average Bonchev–Trinajstić information content (AvgIpc) is 2.67. The van der Waals surface area contributed by atoms with Gasteiger partial charge in [-0.05, 0) is 61.6 Å². The van der Waals surface area contributed by atoms with Gasteiger partial charge in [-0.1, -0.05) is 17.7 Å². The van der Waals surface area contributed by atoms with Crippen LogP contribution in [0.1, 0.15) is 30.4 Å². The molecular formula is C20H24ClN3O2. The monoisotopic (exact) mass is 373 g/mol. The zero-order chi connectivity index (χ0) is 18.4. The van der Waals surface area contributed by atoms with Crippen LogP contribution in [-0.2, 0) is 11.3 Å². The summed E-state index contributed by atoms with van der Waals surface area (Å²) in [6, 6.07) is 9.37. The molecule has 2 aromatic rings. The number of carbonyl (C=O) groups excluding carboxylic acids is 1. The number of ether oxygens (including phenoxy) is 1. The summed E-state index contributed by atoms with van der Waals surface area (Å²) in [4.78, 5) is 18.8. The molecule has 26 heavy (non-hydrogen) atoms. The van der Waals surface area contributed by atoms with E-state index in [0.29, 0.717) is 17.3 Å². The first-order valence-electron chi connectivity index (χ1n) is 8.97. The number of amides is 1. The summed E-state index contributed by atoms with van der Waals surface area (Å²) in [6.45, 7) is 4.46. The number of benzene rings is 1. The second kappa shape index (κ2) is 8.90. The Morgan fingerprint density at radius 1 is 1.23 bits per heavy atom. The van der Waals surface area contributed by atoms with Crippen LogP contribution in [0.4, 0.5) is 5.82 Å². The van der Waals surface area contributed by atoms with E-state index in [2.05, 4.69) is 15.2 Å². The highest BCUT2D eigenvalue weighted by atomic mass is 35.5. The summed E-state index contributed by atoms with van der Waals surface area (Å²) in [5.41, 5.74) is 1.88. The van der Waals surface area contributed by atoms with Crippen LogP contribution < -0.4 is 15.0 Å². The maximum atomic E-state index is 12.0. The van der Waals surface area contributed by atoms with Crippen LogP contribution in [0.3, 0.4) is 0 Å². The Morgan fingerprint density at radius 2 is 2.04 bits per heavy atom. The Kier molecular flexibility index (Phi) is 6.34. The molecule has 1 aromatic heterocycles. The number of nitrogens with zero attached hydrogens (tertiary/aromatic N) is 2. The van der Waals surface area contributed by atoms with E-state index in [1.807, 2.05) is 31.3 Å². The summed E-state index contributed by atoms with van der Waals surface area (Å²) in [5.74, 6) is 1.51. The summed E-state index contributed by atoms with van der Waals surface area (Å²) >= 11 is 5.91. The largest absolute Gasteiger partial charge is 0.484 e. The van der Waals surface area contributed by atoms with Crippen molar-refractivity contribution in [2.45, 2.75) is 32.7 Å². The van der Waals surface area contributed by atoms with E-state index in [-0.39, 0.29) is 12.5 Å². The summed E-state index contributed by atoms with van der Waals surface area (Å²) < 4.78 is 5.55. The number of pyridine rings is 1. The number of carbonyl (C=O) groups is 1. The van der Waals surface area contributed by atoms with Crippen molar-refractivity contribution in [3.63, 3.8) is 0 Å². The first kappa shape index (κ1) is 18.5. The molecule has 0 unspecified atom stereocenters. The molecule has 1 saturated heterocycles. The molecule has 1 amide bonds. The normalized spacial score (nSPS) is 14.2. The molecule has 0 saturated carbocycles. The van der Waals surface area contributed by atoms with E-state index >= 15 is 0 Å². The molecule has 1 aliphatic heterocycles. The number of hydrogen-bond donors (Lipinski definition) is 1. The fourth-order valence-corrected chi connectivity index (χ4v) is 3.23. The maximum Gasteiger partial charge on any atom is 0.258 e. The van der Waals surface area contributed by atoms with Gasteiger partial charge in [0.1, 0.15) is 11.6 Å². The molecule has 0 spiro atoms. The Bertz CT molecular complexity index is 743. The van der Waals surface area contributed by atoms with Crippen LogP contribution in [0.5, 0.6) is 5.75 Å². The van der Waals surface area contributed by atoms with Gasteiger partial charge in [0.2, 0.25) is 0 Å². The van der Waals surface area contributed by atoms with Gasteiger partial charge < -0.3 is 15.0 Å². The summed E-state index contributed by atoms with van der Waals surface area (Å²) in [6.07, 6.45) is 5.59. The lowest BCUT2D eigenvalue weighted by Crippen LogP contribution is -2.30. The quantitative estimate of drug-likeness (QED) is 0.838. The molecule has 0 aliphatic carbocycles. The van der Waals surface area contributed by atoms with E-state index in [0.717, 1.165) is 30.0 Å². The lowest BCUT2D eigenvalue weighted by Gasteiger charge is -2.27. The van der Waals surface area contributed by atoms with Crippen LogP contribution >= 0.6 is 11.6 Å². The molecule has 6 heteroatoms. The lowest BCUT2D eigenvalue weighted by atomic mass is 10.1. The first-order chi connectivity index (χ1) is 12.6. The smallest absolute Gasteiger partial charge is 0.258 e. The minimum atomic E-state index is -0.167. The number of hydrogen-bond acceptors (Lipinski definition) is 4. The van der Waals surface area contributed by atoms with Crippen LogP contribution in [-0.4, -0.2) is 30.6 Å². The van der Waals surface area contributed by atoms with Gasteiger partial charge in [-0.15, -0.1) is 0 Å². The van der Waals surface area contributed by atoms with Gasteiger partial charge in [-0.3, -0.25) is 4.79 Å². The van der Waals surface area contributed by atoms with Gasteiger partial charge >= 0.3 is 0 Å². The number of anilines is 1. The van der Waals surface area contributed by atoms with Gasteiger partial charge in [-0.2, -0.15) is 0 Å². The number of piperidine rings is 1. The highest BCUT2D eigenvalue weighted by Crippen LogP contribution is 2.21. The molecule has 1 aliphatic rings. The minimum Gasteiger partial charge on any atom is -0.484 e. The lowest BCUT2D eigenvalue weighted by molar-refractivity contribution is -0.123. The molecule has 5 nitrogen and oxygen atoms in total.